The van der Waals surface area contributed by atoms with Crippen LogP contribution in [0.2, 0.25) is 0 Å². The zero-order valence-electron chi connectivity index (χ0n) is 13.9. The minimum Gasteiger partial charge on any atom is -0.385 e. The topological polar surface area (TPSA) is 54.4 Å². The molecule has 2 atom stereocenters. The molecule has 5 rings (SSSR count). The van der Waals surface area contributed by atoms with E-state index in [1.165, 1.54) is 0 Å². The third kappa shape index (κ3) is 2.10. The van der Waals surface area contributed by atoms with Gasteiger partial charge in [-0.2, -0.15) is 0 Å². The summed E-state index contributed by atoms with van der Waals surface area (Å²) in [6.07, 6.45) is 1.99. The third-order valence-electron chi connectivity index (χ3n) is 6.14. The van der Waals surface area contributed by atoms with Crippen LogP contribution in [0.5, 0.6) is 0 Å². The lowest BCUT2D eigenvalue weighted by molar-refractivity contribution is 0.0189. The lowest BCUT2D eigenvalue weighted by Gasteiger charge is -2.37. The van der Waals surface area contributed by atoms with Crippen molar-refractivity contribution >= 4 is 31.4 Å². The standard InChI is InChI=1S/C21H20O3S/c22-21(12-15-9-10-16(13-21)25(15,23)24)20-11-14-5-1-2-6-17(14)18-7-3-4-8-19(18)20/h1-8,11,15-16,22H,9-10,12-13H2. The van der Waals surface area contributed by atoms with Gasteiger partial charge in [-0.25, -0.2) is 8.42 Å². The summed E-state index contributed by atoms with van der Waals surface area (Å²) in [4.78, 5) is 0. The summed E-state index contributed by atoms with van der Waals surface area (Å²) in [6.45, 7) is 0. The lowest BCUT2D eigenvalue weighted by atomic mass is 9.81. The molecule has 0 spiro atoms. The monoisotopic (exact) mass is 352 g/mol. The first-order valence-corrected chi connectivity index (χ1v) is 10.5. The third-order valence-corrected chi connectivity index (χ3v) is 8.80. The summed E-state index contributed by atoms with van der Waals surface area (Å²) >= 11 is 0. The van der Waals surface area contributed by atoms with E-state index in [-0.39, 0.29) is 0 Å². The lowest BCUT2D eigenvalue weighted by Crippen LogP contribution is -2.43. The number of hydrogen-bond donors (Lipinski definition) is 1. The van der Waals surface area contributed by atoms with E-state index in [0.717, 1.165) is 27.1 Å². The van der Waals surface area contributed by atoms with Crippen LogP contribution in [0.4, 0.5) is 0 Å². The molecular formula is C21H20O3S. The number of rotatable bonds is 1. The molecule has 2 saturated heterocycles. The van der Waals surface area contributed by atoms with E-state index in [2.05, 4.69) is 24.3 Å². The predicted octanol–water partition coefficient (Wildman–Crippen LogP) is 3.92. The second-order valence-electron chi connectivity index (χ2n) is 7.54. The molecule has 3 nitrogen and oxygen atoms in total. The maximum absolute atomic E-state index is 12.5. The van der Waals surface area contributed by atoms with Gasteiger partial charge in [0.15, 0.2) is 9.84 Å². The van der Waals surface area contributed by atoms with Gasteiger partial charge >= 0.3 is 0 Å². The first kappa shape index (κ1) is 15.4. The van der Waals surface area contributed by atoms with E-state index in [1.54, 1.807) is 0 Å². The fourth-order valence-corrected chi connectivity index (χ4v) is 7.39. The summed E-state index contributed by atoms with van der Waals surface area (Å²) in [7, 11) is -3.06. The van der Waals surface area contributed by atoms with Crippen LogP contribution in [0, 0.1) is 0 Å². The number of fused-ring (bicyclic) bond motifs is 5. The largest absolute Gasteiger partial charge is 0.385 e. The molecule has 2 fully saturated rings. The number of hydrogen-bond acceptors (Lipinski definition) is 3. The van der Waals surface area contributed by atoms with Crippen molar-refractivity contribution in [3.05, 3.63) is 60.2 Å². The van der Waals surface area contributed by atoms with Crippen molar-refractivity contribution in [2.24, 2.45) is 0 Å². The molecule has 1 N–H and O–H groups in total. The molecule has 2 unspecified atom stereocenters. The molecule has 2 bridgehead atoms. The molecule has 0 saturated carbocycles. The van der Waals surface area contributed by atoms with Crippen molar-refractivity contribution in [1.29, 1.82) is 0 Å². The minimum atomic E-state index is -3.06. The fraction of sp³-hybridized carbons (Fsp3) is 0.333. The Balaban J connectivity index is 1.78. The van der Waals surface area contributed by atoms with Gasteiger partial charge in [0.2, 0.25) is 0 Å². The average molecular weight is 352 g/mol. The van der Waals surface area contributed by atoms with Gasteiger partial charge in [-0.05, 0) is 58.9 Å². The summed E-state index contributed by atoms with van der Waals surface area (Å²) < 4.78 is 24.9. The number of benzene rings is 3. The van der Waals surface area contributed by atoms with Crippen LogP contribution < -0.4 is 0 Å². The SMILES string of the molecule is O=S1(=O)C2CCC1CC(O)(c1cc3ccccc3c3ccccc13)C2. The van der Waals surface area contributed by atoms with Gasteiger partial charge in [0.25, 0.3) is 0 Å². The van der Waals surface area contributed by atoms with Crippen molar-refractivity contribution < 1.29 is 13.5 Å². The number of aliphatic hydroxyl groups is 1. The van der Waals surface area contributed by atoms with Gasteiger partial charge < -0.3 is 5.11 Å². The molecule has 0 radical (unpaired) electrons. The highest BCUT2D eigenvalue weighted by Crippen LogP contribution is 2.49. The Morgan fingerprint density at radius 3 is 2.08 bits per heavy atom. The molecule has 25 heavy (non-hydrogen) atoms. The second kappa shape index (κ2) is 5.05. The van der Waals surface area contributed by atoms with Crippen molar-refractivity contribution in [2.45, 2.75) is 41.8 Å². The summed E-state index contributed by atoms with van der Waals surface area (Å²) in [6, 6.07) is 18.4. The Labute approximate surface area is 147 Å². The summed E-state index contributed by atoms with van der Waals surface area (Å²) in [5, 5.41) is 15.1. The van der Waals surface area contributed by atoms with Crippen LogP contribution in [0.3, 0.4) is 0 Å². The molecule has 0 aliphatic carbocycles. The van der Waals surface area contributed by atoms with Crippen LogP contribution in [0.25, 0.3) is 21.5 Å². The van der Waals surface area contributed by atoms with E-state index < -0.39 is 25.9 Å². The van der Waals surface area contributed by atoms with Crippen molar-refractivity contribution in [3.8, 4) is 0 Å². The van der Waals surface area contributed by atoms with Gasteiger partial charge in [-0.15, -0.1) is 0 Å². The molecule has 128 valence electrons. The maximum atomic E-state index is 12.5. The summed E-state index contributed by atoms with van der Waals surface area (Å²) in [5.74, 6) is 0. The first-order chi connectivity index (χ1) is 12.0. The van der Waals surface area contributed by atoms with Crippen molar-refractivity contribution in [3.63, 3.8) is 0 Å². The summed E-state index contributed by atoms with van der Waals surface area (Å²) in [5.41, 5.74) is -0.186. The highest BCUT2D eigenvalue weighted by molar-refractivity contribution is 7.93. The molecule has 2 aliphatic rings. The van der Waals surface area contributed by atoms with Crippen LogP contribution in [0.15, 0.2) is 54.6 Å². The van der Waals surface area contributed by atoms with Crippen molar-refractivity contribution in [1.82, 2.24) is 0 Å². The Hall–Kier alpha value is -1.91. The quantitative estimate of drug-likeness (QED) is 0.675. The van der Waals surface area contributed by atoms with Gasteiger partial charge in [-0.3, -0.25) is 0 Å². The molecular weight excluding hydrogens is 332 g/mol. The molecule has 3 aromatic carbocycles. The Bertz CT molecular complexity index is 1080. The highest BCUT2D eigenvalue weighted by atomic mass is 32.2. The zero-order valence-corrected chi connectivity index (χ0v) is 14.7. The maximum Gasteiger partial charge on any atom is 0.156 e. The Kier molecular flexibility index (Phi) is 3.10. The number of sulfone groups is 1. The van der Waals surface area contributed by atoms with Gasteiger partial charge in [-0.1, -0.05) is 48.5 Å². The van der Waals surface area contributed by atoms with Gasteiger partial charge in [0.05, 0.1) is 16.1 Å². The van der Waals surface area contributed by atoms with Crippen LogP contribution >= 0.6 is 0 Å². The molecule has 2 heterocycles. The predicted molar refractivity (Wildman–Crippen MR) is 100 cm³/mol. The first-order valence-electron chi connectivity index (χ1n) is 8.85. The van der Waals surface area contributed by atoms with Crippen LogP contribution in [-0.4, -0.2) is 24.0 Å². The van der Waals surface area contributed by atoms with Crippen LogP contribution in [-0.2, 0) is 15.4 Å². The van der Waals surface area contributed by atoms with Gasteiger partial charge in [0, 0.05) is 0 Å². The highest BCUT2D eigenvalue weighted by Gasteiger charge is 2.53. The van der Waals surface area contributed by atoms with Gasteiger partial charge in [0.1, 0.15) is 0 Å². The molecule has 4 heteroatoms. The Morgan fingerprint density at radius 1 is 0.840 bits per heavy atom. The van der Waals surface area contributed by atoms with E-state index >= 15 is 0 Å². The van der Waals surface area contributed by atoms with E-state index in [1.807, 2.05) is 30.3 Å². The molecule has 0 amide bonds. The van der Waals surface area contributed by atoms with Crippen LogP contribution in [0.1, 0.15) is 31.2 Å². The second-order valence-corrected chi connectivity index (χ2v) is 10.1. The van der Waals surface area contributed by atoms with E-state index in [0.29, 0.717) is 25.7 Å². The normalized spacial score (nSPS) is 30.8. The van der Waals surface area contributed by atoms with E-state index in [4.69, 9.17) is 0 Å². The fourth-order valence-electron chi connectivity index (χ4n) is 4.90. The van der Waals surface area contributed by atoms with E-state index in [9.17, 15) is 13.5 Å². The smallest absolute Gasteiger partial charge is 0.156 e. The zero-order chi connectivity index (χ0) is 17.2. The minimum absolute atomic E-state index is 0.314. The Morgan fingerprint density at radius 2 is 1.40 bits per heavy atom. The molecule has 2 aliphatic heterocycles. The van der Waals surface area contributed by atoms with Crippen molar-refractivity contribution in [2.75, 3.05) is 0 Å². The molecule has 0 aromatic heterocycles. The molecule has 3 aromatic rings. The average Bonchev–Trinajstić information content (AvgIpc) is 2.78.